The fraction of sp³-hybridized carbons (Fsp3) is 0.750. The van der Waals surface area contributed by atoms with Crippen LogP contribution in [0.1, 0.15) is 6.92 Å². The van der Waals surface area contributed by atoms with Gasteiger partial charge in [-0.25, -0.2) is 4.42 Å². The lowest BCUT2D eigenvalue weighted by Gasteiger charge is -1.79. The molecule has 36 valence electrons. The third kappa shape index (κ3) is 3.63. The maximum absolute atomic E-state index is 4.70. The van der Waals surface area contributed by atoms with Crippen LogP contribution in [-0.4, -0.2) is 20.2 Å². The van der Waals surface area contributed by atoms with Gasteiger partial charge in [-0.3, -0.25) is 4.74 Å². The van der Waals surface area contributed by atoms with Crippen LogP contribution in [0.5, 0.6) is 0 Å². The minimum absolute atomic E-state index is 0.302. The Morgan fingerprint density at radius 1 is 1.83 bits per heavy atom. The van der Waals surface area contributed by atoms with Gasteiger partial charge in [0, 0.05) is 0 Å². The van der Waals surface area contributed by atoms with E-state index in [1.165, 1.54) is 0 Å². The quantitative estimate of drug-likeness (QED) is 0.277. The molecule has 0 saturated heterocycles. The first-order chi connectivity index (χ1) is 2.91. The van der Waals surface area contributed by atoms with Gasteiger partial charge in [0.05, 0.1) is 6.61 Å². The zero-order valence-corrected chi connectivity index (χ0v) is 3.94. The average molecular weight is 89.1 g/mol. The molecule has 0 aromatic carbocycles. The van der Waals surface area contributed by atoms with Gasteiger partial charge in [0.2, 0.25) is 0 Å². The highest BCUT2D eigenvalue weighted by atomic mass is 16.6. The molecule has 0 aliphatic heterocycles. The Labute approximate surface area is 37.4 Å². The molecule has 6 heavy (non-hydrogen) atoms. The monoisotopic (exact) mass is 89.1 g/mol. The Morgan fingerprint density at radius 3 is 2.67 bits per heavy atom. The largest absolute Gasteiger partial charge is 0.370 e. The molecule has 0 aliphatic rings. The molecule has 2 heteroatoms. The molecule has 0 unspecified atom stereocenters. The molecule has 0 fully saturated rings. The molecule has 0 aromatic heterocycles. The van der Waals surface area contributed by atoms with Gasteiger partial charge in [-0.1, -0.05) is 0 Å². The van der Waals surface area contributed by atoms with Crippen molar-refractivity contribution >= 4 is 6.79 Å². The predicted molar refractivity (Wildman–Crippen MR) is 23.6 cm³/mol. The molecule has 0 aliphatic carbocycles. The summed E-state index contributed by atoms with van der Waals surface area (Å²) in [6.45, 7) is 5.99. The molecular formula is C4H9O2+. The zero-order chi connectivity index (χ0) is 4.83. The van der Waals surface area contributed by atoms with E-state index in [9.17, 15) is 0 Å². The second-order valence-electron chi connectivity index (χ2n) is 0.815. The molecule has 2 nitrogen and oxygen atoms in total. The van der Waals surface area contributed by atoms with Crippen LogP contribution in [0.25, 0.3) is 0 Å². The molecule has 0 rings (SSSR count). The normalized spacial score (nSPS) is 8.17. The first-order valence-corrected chi connectivity index (χ1v) is 1.86. The second kappa shape index (κ2) is 4.63. The van der Waals surface area contributed by atoms with Crippen molar-refractivity contribution in [1.29, 1.82) is 0 Å². The van der Waals surface area contributed by atoms with E-state index in [1.54, 1.807) is 0 Å². The molecule has 0 spiro atoms. The Kier molecular flexibility index (Phi) is 4.34. The third-order valence-electron chi connectivity index (χ3n) is 0.371. The molecule has 0 N–H and O–H groups in total. The zero-order valence-electron chi connectivity index (χ0n) is 3.94. The minimum Gasteiger partial charge on any atom is -0.300 e. The van der Waals surface area contributed by atoms with Crippen LogP contribution in [-0.2, 0) is 9.16 Å². The second-order valence-corrected chi connectivity index (χ2v) is 0.815. The summed E-state index contributed by atoms with van der Waals surface area (Å²) in [7, 11) is 0. The standard InChI is InChI=1S/C4H9O2/c1-3-6-4-5-2/h2-4H2,1H3/q+1. The van der Waals surface area contributed by atoms with Crippen LogP contribution < -0.4 is 0 Å². The van der Waals surface area contributed by atoms with Gasteiger partial charge < -0.3 is 0 Å². The lowest BCUT2D eigenvalue weighted by molar-refractivity contribution is -0.499. The predicted octanol–water partition coefficient (Wildman–Crippen LogP) is 0.345. The third-order valence-corrected chi connectivity index (χ3v) is 0.371. The summed E-state index contributed by atoms with van der Waals surface area (Å²) in [6.07, 6.45) is 0. The van der Waals surface area contributed by atoms with E-state index in [0.29, 0.717) is 13.4 Å². The van der Waals surface area contributed by atoms with Gasteiger partial charge in [-0.2, -0.15) is 0 Å². The van der Waals surface area contributed by atoms with Gasteiger partial charge >= 0.3 is 6.79 Å². The van der Waals surface area contributed by atoms with E-state index in [0.717, 1.165) is 0 Å². The lowest BCUT2D eigenvalue weighted by Crippen LogP contribution is -1.90. The molecule has 0 aromatic rings. The average Bonchev–Trinajstić information content (AvgIpc) is 1.61. The molecule has 0 amide bonds. The van der Waals surface area contributed by atoms with Crippen molar-refractivity contribution in [3.05, 3.63) is 0 Å². The number of carbonyl (C=O) groups excluding carboxylic acids is 1. The van der Waals surface area contributed by atoms with Crippen LogP contribution in [0, 0.1) is 0 Å². The number of hydrogen-bond donors (Lipinski definition) is 0. The molecule has 0 atom stereocenters. The summed E-state index contributed by atoms with van der Waals surface area (Å²) in [6, 6.07) is 0. The van der Waals surface area contributed by atoms with E-state index >= 15 is 0 Å². The van der Waals surface area contributed by atoms with Crippen molar-refractivity contribution in [1.82, 2.24) is 0 Å². The fourth-order valence-corrected chi connectivity index (χ4v) is 0.142. The van der Waals surface area contributed by atoms with Crippen molar-refractivity contribution in [3.8, 4) is 0 Å². The van der Waals surface area contributed by atoms with Gasteiger partial charge in [0.15, 0.2) is 0 Å². The minimum atomic E-state index is 0.302. The molecule has 0 radical (unpaired) electrons. The smallest absolute Gasteiger partial charge is 0.300 e. The Morgan fingerprint density at radius 2 is 2.50 bits per heavy atom. The molecule has 0 bridgehead atoms. The van der Waals surface area contributed by atoms with Crippen molar-refractivity contribution in [2.45, 2.75) is 6.92 Å². The summed E-state index contributed by atoms with van der Waals surface area (Å²) in [5.41, 5.74) is 0. The van der Waals surface area contributed by atoms with Gasteiger partial charge in [0.1, 0.15) is 0 Å². The summed E-state index contributed by atoms with van der Waals surface area (Å²) in [5.74, 6) is 0. The number of ether oxygens (including phenoxy) is 1. The Bertz CT molecular complexity index is 34.5. The van der Waals surface area contributed by atoms with E-state index in [-0.39, 0.29) is 0 Å². The Balaban J connectivity index is 2.49. The van der Waals surface area contributed by atoms with Crippen molar-refractivity contribution in [2.24, 2.45) is 0 Å². The van der Waals surface area contributed by atoms with E-state index in [4.69, 9.17) is 4.74 Å². The van der Waals surface area contributed by atoms with Crippen molar-refractivity contribution in [3.63, 3.8) is 0 Å². The number of rotatable bonds is 3. The van der Waals surface area contributed by atoms with Crippen LogP contribution in [0.15, 0.2) is 0 Å². The lowest BCUT2D eigenvalue weighted by atomic mass is 10.9. The maximum Gasteiger partial charge on any atom is 0.370 e. The summed E-state index contributed by atoms with van der Waals surface area (Å²) < 4.78 is 9.01. The van der Waals surface area contributed by atoms with Gasteiger partial charge in [-0.05, 0) is 6.92 Å². The summed E-state index contributed by atoms with van der Waals surface area (Å²) in [5, 5.41) is 0. The highest BCUT2D eigenvalue weighted by molar-refractivity contribution is 5.12. The topological polar surface area (TPSA) is 20.5 Å². The van der Waals surface area contributed by atoms with Crippen molar-refractivity contribution in [2.75, 3.05) is 13.4 Å². The summed E-state index contributed by atoms with van der Waals surface area (Å²) in [4.78, 5) is 0. The maximum atomic E-state index is 4.70. The first kappa shape index (κ1) is 5.63. The first-order valence-electron chi connectivity index (χ1n) is 1.86. The SMILES string of the molecule is C=[O+]COCC. The van der Waals surface area contributed by atoms with Crippen LogP contribution in [0.4, 0.5) is 0 Å². The summed E-state index contributed by atoms with van der Waals surface area (Å²) >= 11 is 0. The van der Waals surface area contributed by atoms with Crippen LogP contribution in [0.2, 0.25) is 0 Å². The molecule has 0 heterocycles. The molecule has 0 saturated carbocycles. The number of hydrogen-bond acceptors (Lipinski definition) is 1. The van der Waals surface area contributed by atoms with E-state index < -0.39 is 0 Å². The van der Waals surface area contributed by atoms with Gasteiger partial charge in [0.25, 0.3) is 6.79 Å². The van der Waals surface area contributed by atoms with Crippen molar-refractivity contribution < 1.29 is 9.16 Å². The van der Waals surface area contributed by atoms with E-state index in [1.807, 2.05) is 6.92 Å². The molecular weight excluding hydrogens is 80.0 g/mol. The van der Waals surface area contributed by atoms with Crippen LogP contribution in [0.3, 0.4) is 0 Å². The Hall–Kier alpha value is -0.370. The van der Waals surface area contributed by atoms with Crippen LogP contribution >= 0.6 is 0 Å². The highest BCUT2D eigenvalue weighted by Gasteiger charge is 1.78. The fourth-order valence-electron chi connectivity index (χ4n) is 0.142. The van der Waals surface area contributed by atoms with E-state index in [2.05, 4.69) is 11.2 Å². The highest BCUT2D eigenvalue weighted by Crippen LogP contribution is 1.64. The van der Waals surface area contributed by atoms with Gasteiger partial charge in [-0.15, -0.1) is 0 Å².